The summed E-state index contributed by atoms with van der Waals surface area (Å²) in [5, 5.41) is 0. The molecule has 152 valence electrons. The van der Waals surface area contributed by atoms with Gasteiger partial charge in [0, 0.05) is 17.9 Å². The summed E-state index contributed by atoms with van der Waals surface area (Å²) >= 11 is 0. The molecule has 0 N–H and O–H groups in total. The number of ether oxygens (including phenoxy) is 2. The van der Waals surface area contributed by atoms with E-state index >= 15 is 0 Å². The Morgan fingerprint density at radius 3 is 2.21 bits per heavy atom. The maximum atomic E-state index is 11.7. The van der Waals surface area contributed by atoms with Gasteiger partial charge >= 0.3 is 5.97 Å². The number of nitrogens with zero attached hydrogens (tertiary/aromatic N) is 1. The van der Waals surface area contributed by atoms with Crippen molar-refractivity contribution in [1.82, 2.24) is 0 Å². The molecule has 0 bridgehead atoms. The van der Waals surface area contributed by atoms with Crippen LogP contribution in [0.5, 0.6) is 5.75 Å². The van der Waals surface area contributed by atoms with Gasteiger partial charge in [0.1, 0.15) is 5.75 Å². The Morgan fingerprint density at radius 1 is 1.07 bits per heavy atom. The van der Waals surface area contributed by atoms with E-state index in [1.165, 1.54) is 18.2 Å². The van der Waals surface area contributed by atoms with E-state index in [2.05, 4.69) is 58.6 Å². The smallest absolute Gasteiger partial charge is 0.337 e. The Hall–Kier alpha value is -2.49. The first-order valence-electron chi connectivity index (χ1n) is 10.0. The highest BCUT2D eigenvalue weighted by Crippen LogP contribution is 2.37. The first kappa shape index (κ1) is 21.8. The van der Waals surface area contributed by atoms with Crippen LogP contribution in [0.25, 0.3) is 0 Å². The molecule has 0 atom stereocenters. The van der Waals surface area contributed by atoms with Gasteiger partial charge in [0.25, 0.3) is 0 Å². The maximum Gasteiger partial charge on any atom is 0.337 e. The van der Waals surface area contributed by atoms with Crippen molar-refractivity contribution >= 4 is 17.3 Å². The summed E-state index contributed by atoms with van der Waals surface area (Å²) in [5.41, 5.74) is 5.14. The van der Waals surface area contributed by atoms with Crippen molar-refractivity contribution in [1.29, 1.82) is 0 Å². The molecule has 4 nitrogen and oxygen atoms in total. The van der Waals surface area contributed by atoms with Crippen LogP contribution >= 0.6 is 0 Å². The lowest BCUT2D eigenvalue weighted by Gasteiger charge is -2.28. The number of hydrogen-bond donors (Lipinski definition) is 0. The molecule has 2 rings (SSSR count). The van der Waals surface area contributed by atoms with E-state index in [1.54, 1.807) is 0 Å². The van der Waals surface area contributed by atoms with Crippen LogP contribution in [0, 0.1) is 12.8 Å². The predicted molar refractivity (Wildman–Crippen MR) is 116 cm³/mol. The van der Waals surface area contributed by atoms with Crippen molar-refractivity contribution in [3.05, 3.63) is 53.1 Å². The molecule has 0 aromatic heterocycles. The molecule has 4 heteroatoms. The zero-order valence-corrected chi connectivity index (χ0v) is 18.2. The second-order valence-electron chi connectivity index (χ2n) is 7.82. The van der Waals surface area contributed by atoms with Gasteiger partial charge in [-0.05, 0) is 73.2 Å². The Kier molecular flexibility index (Phi) is 7.50. The van der Waals surface area contributed by atoms with Gasteiger partial charge in [0.15, 0.2) is 0 Å². The number of aryl methyl sites for hydroxylation is 1. The highest BCUT2D eigenvalue weighted by molar-refractivity contribution is 5.90. The third kappa shape index (κ3) is 5.06. The Bertz CT molecular complexity index is 794. The van der Waals surface area contributed by atoms with Gasteiger partial charge in [-0.3, -0.25) is 0 Å². The fourth-order valence-corrected chi connectivity index (χ4v) is 3.20. The van der Waals surface area contributed by atoms with Crippen LogP contribution in [0.3, 0.4) is 0 Å². The molecule has 0 saturated heterocycles. The van der Waals surface area contributed by atoms with Crippen molar-refractivity contribution < 1.29 is 14.3 Å². The van der Waals surface area contributed by atoms with Crippen LogP contribution in [0.2, 0.25) is 0 Å². The largest absolute Gasteiger partial charge is 0.493 e. The molecule has 0 aliphatic rings. The number of carbonyl (C=O) groups is 1. The molecule has 2 aromatic carbocycles. The molecule has 0 amide bonds. The molecular weight excluding hydrogens is 350 g/mol. The number of hydrogen-bond acceptors (Lipinski definition) is 4. The van der Waals surface area contributed by atoms with Gasteiger partial charge in [-0.25, -0.2) is 4.79 Å². The number of carbonyl (C=O) groups excluding carboxylic acids is 1. The number of anilines is 2. The van der Waals surface area contributed by atoms with Gasteiger partial charge in [-0.2, -0.15) is 0 Å². The summed E-state index contributed by atoms with van der Waals surface area (Å²) < 4.78 is 10.9. The molecule has 0 heterocycles. The topological polar surface area (TPSA) is 38.8 Å². The van der Waals surface area contributed by atoms with Gasteiger partial charge in [-0.15, -0.1) is 0 Å². The monoisotopic (exact) mass is 383 g/mol. The molecule has 0 fully saturated rings. The molecule has 0 spiro atoms. The SMILES string of the molecule is CCN(c1ccc(C(=O)OC)cc1)c1cc(C(C)C)c(OCC(C)C)cc1C. The van der Waals surface area contributed by atoms with E-state index in [4.69, 9.17) is 9.47 Å². The third-order valence-corrected chi connectivity index (χ3v) is 4.73. The molecular formula is C24H33NO3. The Labute approximate surface area is 169 Å². The van der Waals surface area contributed by atoms with Crippen molar-refractivity contribution in [2.45, 2.75) is 47.5 Å². The predicted octanol–water partition coefficient (Wildman–Crippen LogP) is 6.10. The zero-order chi connectivity index (χ0) is 20.8. The van der Waals surface area contributed by atoms with E-state index < -0.39 is 0 Å². The summed E-state index contributed by atoms with van der Waals surface area (Å²) in [5.74, 6) is 1.50. The Balaban J connectivity index is 2.42. The summed E-state index contributed by atoms with van der Waals surface area (Å²) in [6, 6.07) is 11.9. The number of benzene rings is 2. The van der Waals surface area contributed by atoms with Crippen LogP contribution in [-0.2, 0) is 4.74 Å². The van der Waals surface area contributed by atoms with Crippen molar-refractivity contribution in [3.8, 4) is 5.75 Å². The number of esters is 1. The second kappa shape index (κ2) is 9.63. The fourth-order valence-electron chi connectivity index (χ4n) is 3.20. The fraction of sp³-hybridized carbons (Fsp3) is 0.458. The maximum absolute atomic E-state index is 11.7. The lowest BCUT2D eigenvalue weighted by Crippen LogP contribution is -2.18. The highest BCUT2D eigenvalue weighted by atomic mass is 16.5. The van der Waals surface area contributed by atoms with Gasteiger partial charge < -0.3 is 14.4 Å². The third-order valence-electron chi connectivity index (χ3n) is 4.73. The lowest BCUT2D eigenvalue weighted by atomic mass is 9.98. The van der Waals surface area contributed by atoms with Crippen molar-refractivity contribution in [3.63, 3.8) is 0 Å². The molecule has 28 heavy (non-hydrogen) atoms. The first-order valence-corrected chi connectivity index (χ1v) is 10.0. The van der Waals surface area contributed by atoms with Crippen LogP contribution in [-0.4, -0.2) is 26.2 Å². The summed E-state index contributed by atoms with van der Waals surface area (Å²) in [7, 11) is 1.40. The average Bonchev–Trinajstić information content (AvgIpc) is 2.67. The number of methoxy groups -OCH3 is 1. The van der Waals surface area contributed by atoms with Gasteiger partial charge in [-0.1, -0.05) is 27.7 Å². The zero-order valence-electron chi connectivity index (χ0n) is 18.2. The summed E-state index contributed by atoms with van der Waals surface area (Å²) in [6.45, 7) is 14.5. The normalized spacial score (nSPS) is 11.0. The van der Waals surface area contributed by atoms with E-state index in [-0.39, 0.29) is 5.97 Å². The molecule has 0 unspecified atom stereocenters. The minimum Gasteiger partial charge on any atom is -0.493 e. The minimum atomic E-state index is -0.320. The van der Waals surface area contributed by atoms with Gasteiger partial charge in [0.05, 0.1) is 19.3 Å². The molecule has 2 aromatic rings. The minimum absolute atomic E-state index is 0.320. The molecule has 0 radical (unpaired) electrons. The first-order chi connectivity index (χ1) is 13.3. The van der Waals surface area contributed by atoms with Crippen LogP contribution in [0.4, 0.5) is 11.4 Å². The quantitative estimate of drug-likeness (QED) is 0.516. The van der Waals surface area contributed by atoms with Crippen molar-refractivity contribution in [2.24, 2.45) is 5.92 Å². The Morgan fingerprint density at radius 2 is 1.71 bits per heavy atom. The lowest BCUT2D eigenvalue weighted by molar-refractivity contribution is 0.0601. The van der Waals surface area contributed by atoms with E-state index in [0.29, 0.717) is 24.0 Å². The van der Waals surface area contributed by atoms with E-state index in [1.807, 2.05) is 24.3 Å². The molecule has 0 saturated carbocycles. The summed E-state index contributed by atoms with van der Waals surface area (Å²) in [4.78, 5) is 14.0. The average molecular weight is 384 g/mol. The summed E-state index contributed by atoms with van der Waals surface area (Å²) in [6.07, 6.45) is 0. The van der Waals surface area contributed by atoms with Crippen LogP contribution in [0.15, 0.2) is 36.4 Å². The second-order valence-corrected chi connectivity index (χ2v) is 7.82. The molecule has 0 aliphatic carbocycles. The van der Waals surface area contributed by atoms with E-state index in [9.17, 15) is 4.79 Å². The molecule has 0 aliphatic heterocycles. The van der Waals surface area contributed by atoms with Crippen LogP contribution < -0.4 is 9.64 Å². The van der Waals surface area contributed by atoms with Gasteiger partial charge in [0.2, 0.25) is 0 Å². The standard InChI is InChI=1S/C24H33NO3/c1-8-25(20-11-9-19(10-12-20)24(26)27-7)22-14-21(17(4)5)23(13-18(22)6)28-15-16(2)3/h9-14,16-17H,8,15H2,1-7H3. The van der Waals surface area contributed by atoms with E-state index in [0.717, 1.165) is 23.7 Å². The van der Waals surface area contributed by atoms with Crippen molar-refractivity contribution in [2.75, 3.05) is 25.2 Å². The number of rotatable bonds is 8. The highest BCUT2D eigenvalue weighted by Gasteiger charge is 2.17. The van der Waals surface area contributed by atoms with Crippen LogP contribution in [0.1, 0.15) is 62.0 Å².